The number of carboxylic acids is 1. The molecule has 0 radical (unpaired) electrons. The third-order valence-corrected chi connectivity index (χ3v) is 4.97. The van der Waals surface area contributed by atoms with Crippen LogP contribution in [0.3, 0.4) is 0 Å². The Balaban J connectivity index is 1.57. The van der Waals surface area contributed by atoms with Crippen LogP contribution in [0.4, 0.5) is 0 Å². The van der Waals surface area contributed by atoms with Gasteiger partial charge < -0.3 is 15.2 Å². The van der Waals surface area contributed by atoms with E-state index in [1.807, 2.05) is 30.3 Å². The summed E-state index contributed by atoms with van der Waals surface area (Å²) < 4.78 is 5.48. The Bertz CT molecular complexity index is 752. The van der Waals surface area contributed by atoms with Crippen molar-refractivity contribution in [2.45, 2.75) is 31.7 Å². The Hall–Kier alpha value is -2.66. The minimum absolute atomic E-state index is 0.00470. The summed E-state index contributed by atoms with van der Waals surface area (Å²) in [7, 11) is 0. The second-order valence-corrected chi connectivity index (χ2v) is 7.00. The molecule has 0 aromatic heterocycles. The molecule has 27 heavy (non-hydrogen) atoms. The number of carbonyl (C=O) groups excluding carboxylic acids is 1. The number of benzene rings is 2. The molecule has 2 N–H and O–H groups in total. The highest BCUT2D eigenvalue weighted by molar-refractivity contribution is 5.87. The van der Waals surface area contributed by atoms with Gasteiger partial charge in [0.1, 0.15) is 0 Å². The lowest BCUT2D eigenvalue weighted by atomic mass is 9.94. The van der Waals surface area contributed by atoms with E-state index in [2.05, 4.69) is 5.32 Å². The highest BCUT2D eigenvalue weighted by atomic mass is 16.5. The number of hydrogen-bond donors (Lipinski definition) is 2. The number of rotatable bonds is 8. The zero-order valence-electron chi connectivity index (χ0n) is 15.3. The molecule has 0 spiro atoms. The summed E-state index contributed by atoms with van der Waals surface area (Å²) >= 11 is 0. The summed E-state index contributed by atoms with van der Waals surface area (Å²) in [5.41, 5.74) is 2.32. The minimum Gasteiger partial charge on any atom is -0.478 e. The second-order valence-electron chi connectivity index (χ2n) is 7.00. The molecular formula is C22H25NO4. The Morgan fingerprint density at radius 3 is 2.48 bits per heavy atom. The standard InChI is InChI=1S/C22H25NO4/c24-21(11-8-16-6-9-19(10-7-16)22(25)26)23-20(14-17-12-13-27-15-17)18-4-2-1-3-5-18/h1-7,9-10,17,20H,8,11-15H2,(H,23,24)(H,25,26). The van der Waals surface area contributed by atoms with Gasteiger partial charge in [-0.05, 0) is 48.4 Å². The van der Waals surface area contributed by atoms with Crippen LogP contribution in [-0.4, -0.2) is 30.2 Å². The van der Waals surface area contributed by atoms with Gasteiger partial charge in [-0.2, -0.15) is 0 Å². The van der Waals surface area contributed by atoms with E-state index < -0.39 is 5.97 Å². The first-order valence-electron chi connectivity index (χ1n) is 9.36. The van der Waals surface area contributed by atoms with Crippen molar-refractivity contribution in [3.63, 3.8) is 0 Å². The lowest BCUT2D eigenvalue weighted by molar-refractivity contribution is -0.121. The first-order chi connectivity index (χ1) is 13.1. The Morgan fingerprint density at radius 1 is 1.11 bits per heavy atom. The van der Waals surface area contributed by atoms with Gasteiger partial charge in [-0.3, -0.25) is 4.79 Å². The van der Waals surface area contributed by atoms with Crippen LogP contribution in [0.15, 0.2) is 54.6 Å². The smallest absolute Gasteiger partial charge is 0.335 e. The van der Waals surface area contributed by atoms with E-state index in [1.165, 1.54) is 0 Å². The summed E-state index contributed by atoms with van der Waals surface area (Å²) in [6, 6.07) is 16.7. The van der Waals surface area contributed by atoms with E-state index in [9.17, 15) is 9.59 Å². The molecule has 1 aliphatic heterocycles. The lowest BCUT2D eigenvalue weighted by Gasteiger charge is -2.22. The molecule has 142 valence electrons. The SMILES string of the molecule is O=C(CCc1ccc(C(=O)O)cc1)NC(CC1CCOC1)c1ccccc1. The third-order valence-electron chi connectivity index (χ3n) is 4.97. The predicted octanol–water partition coefficient (Wildman–Crippen LogP) is 3.60. The predicted molar refractivity (Wildman–Crippen MR) is 103 cm³/mol. The average molecular weight is 367 g/mol. The number of carbonyl (C=O) groups is 2. The van der Waals surface area contributed by atoms with Crippen LogP contribution in [-0.2, 0) is 16.0 Å². The molecule has 1 saturated heterocycles. The van der Waals surface area contributed by atoms with E-state index >= 15 is 0 Å². The van der Waals surface area contributed by atoms with Crippen molar-refractivity contribution < 1.29 is 19.4 Å². The quantitative estimate of drug-likeness (QED) is 0.747. The summed E-state index contributed by atoms with van der Waals surface area (Å²) in [5.74, 6) is -0.468. The Labute approximate surface area is 159 Å². The third kappa shape index (κ3) is 5.66. The summed E-state index contributed by atoms with van der Waals surface area (Å²) in [6.45, 7) is 1.56. The monoisotopic (exact) mass is 367 g/mol. The molecule has 3 rings (SSSR count). The lowest BCUT2D eigenvalue weighted by Crippen LogP contribution is -2.30. The number of carboxylic acid groups (broad SMARTS) is 1. The molecule has 0 bridgehead atoms. The van der Waals surface area contributed by atoms with Crippen LogP contribution in [0.1, 0.15) is 46.8 Å². The first-order valence-corrected chi connectivity index (χ1v) is 9.36. The maximum atomic E-state index is 12.5. The fraction of sp³-hybridized carbons (Fsp3) is 0.364. The molecule has 5 nitrogen and oxygen atoms in total. The molecule has 1 heterocycles. The topological polar surface area (TPSA) is 75.6 Å². The fourth-order valence-electron chi connectivity index (χ4n) is 3.40. The number of nitrogens with one attached hydrogen (secondary N) is 1. The molecular weight excluding hydrogens is 342 g/mol. The van der Waals surface area contributed by atoms with Crippen molar-refractivity contribution in [2.75, 3.05) is 13.2 Å². The number of hydrogen-bond acceptors (Lipinski definition) is 3. The second kappa shape index (κ2) is 9.33. The van der Waals surface area contributed by atoms with Gasteiger partial charge in [-0.25, -0.2) is 4.79 Å². The molecule has 2 unspecified atom stereocenters. The van der Waals surface area contributed by atoms with Crippen molar-refractivity contribution >= 4 is 11.9 Å². The molecule has 2 aromatic rings. The molecule has 2 aromatic carbocycles. The van der Waals surface area contributed by atoms with Crippen molar-refractivity contribution in [1.29, 1.82) is 0 Å². The highest BCUT2D eigenvalue weighted by Crippen LogP contribution is 2.26. The van der Waals surface area contributed by atoms with Crippen LogP contribution in [0.25, 0.3) is 0 Å². The van der Waals surface area contributed by atoms with Gasteiger partial charge in [0, 0.05) is 19.6 Å². The maximum absolute atomic E-state index is 12.5. The Morgan fingerprint density at radius 2 is 1.85 bits per heavy atom. The Kier molecular flexibility index (Phi) is 6.60. The minimum atomic E-state index is -0.944. The molecule has 1 fully saturated rings. The number of aryl methyl sites for hydroxylation is 1. The van der Waals surface area contributed by atoms with E-state index in [0.717, 1.165) is 37.2 Å². The largest absolute Gasteiger partial charge is 0.478 e. The van der Waals surface area contributed by atoms with E-state index in [4.69, 9.17) is 9.84 Å². The van der Waals surface area contributed by atoms with Gasteiger partial charge in [-0.1, -0.05) is 42.5 Å². The van der Waals surface area contributed by atoms with Gasteiger partial charge in [-0.15, -0.1) is 0 Å². The van der Waals surface area contributed by atoms with Gasteiger partial charge >= 0.3 is 5.97 Å². The average Bonchev–Trinajstić information content (AvgIpc) is 3.20. The highest BCUT2D eigenvalue weighted by Gasteiger charge is 2.23. The summed E-state index contributed by atoms with van der Waals surface area (Å²) in [5, 5.41) is 12.1. The molecule has 5 heteroatoms. The van der Waals surface area contributed by atoms with Gasteiger partial charge in [0.15, 0.2) is 0 Å². The summed E-state index contributed by atoms with van der Waals surface area (Å²) in [6.07, 6.45) is 2.87. The van der Waals surface area contributed by atoms with Crippen LogP contribution in [0.2, 0.25) is 0 Å². The van der Waals surface area contributed by atoms with Crippen molar-refractivity contribution in [3.8, 4) is 0 Å². The maximum Gasteiger partial charge on any atom is 0.335 e. The van der Waals surface area contributed by atoms with Crippen LogP contribution in [0.5, 0.6) is 0 Å². The van der Waals surface area contributed by atoms with Crippen LogP contribution in [0, 0.1) is 5.92 Å². The molecule has 0 saturated carbocycles. The van der Waals surface area contributed by atoms with Gasteiger partial charge in [0.05, 0.1) is 11.6 Å². The van der Waals surface area contributed by atoms with Gasteiger partial charge in [0.2, 0.25) is 5.91 Å². The van der Waals surface area contributed by atoms with Crippen LogP contribution < -0.4 is 5.32 Å². The van der Waals surface area contributed by atoms with Crippen LogP contribution >= 0.6 is 0 Å². The van der Waals surface area contributed by atoms with Gasteiger partial charge in [0.25, 0.3) is 0 Å². The van der Waals surface area contributed by atoms with Crippen molar-refractivity contribution in [2.24, 2.45) is 5.92 Å². The fourth-order valence-corrected chi connectivity index (χ4v) is 3.40. The zero-order valence-corrected chi connectivity index (χ0v) is 15.3. The van der Waals surface area contributed by atoms with Crippen molar-refractivity contribution in [1.82, 2.24) is 5.32 Å². The summed E-state index contributed by atoms with van der Waals surface area (Å²) in [4.78, 5) is 23.4. The number of ether oxygens (including phenoxy) is 1. The number of amides is 1. The van der Waals surface area contributed by atoms with E-state index in [-0.39, 0.29) is 17.5 Å². The zero-order chi connectivity index (χ0) is 19.1. The first kappa shape index (κ1) is 19.1. The molecule has 0 aliphatic carbocycles. The van der Waals surface area contributed by atoms with Crippen molar-refractivity contribution in [3.05, 3.63) is 71.3 Å². The molecule has 2 atom stereocenters. The molecule has 1 amide bonds. The van der Waals surface area contributed by atoms with E-state index in [0.29, 0.717) is 18.8 Å². The number of aromatic carboxylic acids is 1. The molecule has 1 aliphatic rings. The normalized spacial score (nSPS) is 17.4. The van der Waals surface area contributed by atoms with E-state index in [1.54, 1.807) is 24.3 Å².